The molecule has 9 heteroatoms. The Hall–Kier alpha value is -2.91. The summed E-state index contributed by atoms with van der Waals surface area (Å²) in [4.78, 5) is 32.0. The summed E-state index contributed by atoms with van der Waals surface area (Å²) < 4.78 is 11.6. The maximum absolute atomic E-state index is 13.1. The minimum absolute atomic E-state index is 0.0837. The Balaban J connectivity index is 0.000000926. The van der Waals surface area contributed by atoms with Gasteiger partial charge in [-0.1, -0.05) is 60.6 Å². The van der Waals surface area contributed by atoms with Gasteiger partial charge in [0.1, 0.15) is 17.6 Å². The SMILES string of the molecule is CC(C)CC(NC(=O)c1ccccc1OCc1ncc(C(C)(C)C)o1)C(=O)N1CCC(O)C1.CNC(C)C. The van der Waals surface area contributed by atoms with Crippen LogP contribution in [0.15, 0.2) is 34.9 Å². The van der Waals surface area contributed by atoms with Crippen molar-refractivity contribution in [3.8, 4) is 5.75 Å². The Morgan fingerprint density at radius 1 is 1.21 bits per heavy atom. The third kappa shape index (κ3) is 9.76. The van der Waals surface area contributed by atoms with Gasteiger partial charge in [0.15, 0.2) is 6.61 Å². The van der Waals surface area contributed by atoms with Gasteiger partial charge in [-0.05, 0) is 37.9 Å². The molecular weight excluding hydrogens is 484 g/mol. The monoisotopic (exact) mass is 530 g/mol. The van der Waals surface area contributed by atoms with Crippen molar-refractivity contribution < 1.29 is 23.8 Å². The van der Waals surface area contributed by atoms with Gasteiger partial charge in [-0.3, -0.25) is 9.59 Å². The fraction of sp³-hybridized carbons (Fsp3) is 0.621. The summed E-state index contributed by atoms with van der Waals surface area (Å²) in [6.45, 7) is 15.2. The molecule has 1 aromatic carbocycles. The second-order valence-electron chi connectivity index (χ2n) is 11.5. The molecule has 2 aromatic rings. The zero-order valence-electron chi connectivity index (χ0n) is 24.2. The van der Waals surface area contributed by atoms with E-state index in [1.165, 1.54) is 0 Å². The quantitative estimate of drug-likeness (QED) is 0.450. The standard InChI is InChI=1S/C25H35N3O5.C4H11N/c1-16(2)12-19(24(31)28-11-10-17(29)14-28)27-23(30)18-8-6-7-9-20(18)32-15-22-26-13-21(33-22)25(3,4)5;1-4(2)5-3/h6-9,13,16-17,19,29H,10-12,14-15H2,1-5H3,(H,27,30);4-5H,1-3H3. The van der Waals surface area contributed by atoms with Crippen LogP contribution in [0.5, 0.6) is 5.75 Å². The molecule has 2 heterocycles. The lowest BCUT2D eigenvalue weighted by Crippen LogP contribution is -2.48. The van der Waals surface area contributed by atoms with Crippen molar-refractivity contribution in [1.82, 2.24) is 20.5 Å². The van der Waals surface area contributed by atoms with Gasteiger partial charge in [0.25, 0.3) is 5.91 Å². The zero-order chi connectivity index (χ0) is 28.5. The van der Waals surface area contributed by atoms with Crippen LogP contribution in [0.25, 0.3) is 0 Å². The Labute approximate surface area is 227 Å². The summed E-state index contributed by atoms with van der Waals surface area (Å²) in [6.07, 6.45) is 2.25. The predicted octanol–water partition coefficient (Wildman–Crippen LogP) is 3.90. The number of ether oxygens (including phenoxy) is 1. The molecule has 2 atom stereocenters. The lowest BCUT2D eigenvalue weighted by molar-refractivity contribution is -0.133. The highest BCUT2D eigenvalue weighted by Crippen LogP contribution is 2.24. The Kier molecular flexibility index (Phi) is 11.8. The van der Waals surface area contributed by atoms with Crippen LogP contribution in [0.4, 0.5) is 0 Å². The highest BCUT2D eigenvalue weighted by Gasteiger charge is 2.32. The smallest absolute Gasteiger partial charge is 0.255 e. The molecule has 0 saturated carbocycles. The molecule has 212 valence electrons. The van der Waals surface area contributed by atoms with E-state index < -0.39 is 12.1 Å². The number of rotatable bonds is 9. The summed E-state index contributed by atoms with van der Waals surface area (Å²) >= 11 is 0. The fourth-order valence-electron chi connectivity index (χ4n) is 3.73. The molecule has 0 spiro atoms. The fourth-order valence-corrected chi connectivity index (χ4v) is 3.73. The van der Waals surface area contributed by atoms with Gasteiger partial charge in [0.05, 0.1) is 17.9 Å². The van der Waals surface area contributed by atoms with Crippen LogP contribution in [0, 0.1) is 5.92 Å². The van der Waals surface area contributed by atoms with Crippen molar-refractivity contribution in [2.24, 2.45) is 5.92 Å². The zero-order valence-corrected chi connectivity index (χ0v) is 24.2. The first-order valence-electron chi connectivity index (χ1n) is 13.4. The van der Waals surface area contributed by atoms with Crippen molar-refractivity contribution in [3.63, 3.8) is 0 Å². The number of aliphatic hydroxyl groups excluding tert-OH is 1. The number of hydrogen-bond donors (Lipinski definition) is 3. The molecule has 0 radical (unpaired) electrons. The van der Waals surface area contributed by atoms with Crippen LogP contribution in [0.2, 0.25) is 0 Å². The lowest BCUT2D eigenvalue weighted by Gasteiger charge is -2.25. The normalized spacial score (nSPS) is 16.3. The van der Waals surface area contributed by atoms with E-state index in [2.05, 4.69) is 29.5 Å². The maximum Gasteiger partial charge on any atom is 0.255 e. The van der Waals surface area contributed by atoms with E-state index in [4.69, 9.17) is 9.15 Å². The van der Waals surface area contributed by atoms with E-state index in [0.29, 0.717) is 49.2 Å². The number of carbonyl (C=O) groups excluding carboxylic acids is 2. The van der Waals surface area contributed by atoms with E-state index in [-0.39, 0.29) is 29.8 Å². The summed E-state index contributed by atoms with van der Waals surface area (Å²) in [5.41, 5.74) is 0.176. The number of hydrogen-bond acceptors (Lipinski definition) is 7. The maximum atomic E-state index is 13.1. The average molecular weight is 531 g/mol. The van der Waals surface area contributed by atoms with Crippen molar-refractivity contribution >= 4 is 11.8 Å². The van der Waals surface area contributed by atoms with E-state index in [9.17, 15) is 14.7 Å². The van der Waals surface area contributed by atoms with Gasteiger partial charge >= 0.3 is 0 Å². The Morgan fingerprint density at radius 2 is 1.87 bits per heavy atom. The molecule has 0 aliphatic carbocycles. The minimum Gasteiger partial charge on any atom is -0.483 e. The molecule has 1 aliphatic rings. The van der Waals surface area contributed by atoms with E-state index >= 15 is 0 Å². The highest BCUT2D eigenvalue weighted by atomic mass is 16.5. The van der Waals surface area contributed by atoms with Crippen LogP contribution in [-0.4, -0.2) is 65.1 Å². The molecule has 3 N–H and O–H groups in total. The average Bonchev–Trinajstić information content (AvgIpc) is 3.51. The molecule has 1 aromatic heterocycles. The molecule has 1 fully saturated rings. The summed E-state index contributed by atoms with van der Waals surface area (Å²) in [7, 11) is 1.95. The first kappa shape index (κ1) is 31.3. The number of likely N-dealkylation sites (tertiary alicyclic amines) is 1. The molecule has 38 heavy (non-hydrogen) atoms. The van der Waals surface area contributed by atoms with Crippen LogP contribution < -0.4 is 15.4 Å². The van der Waals surface area contributed by atoms with Gasteiger partial charge in [-0.15, -0.1) is 0 Å². The van der Waals surface area contributed by atoms with Gasteiger partial charge in [0.2, 0.25) is 11.8 Å². The number of oxazole rings is 1. The van der Waals surface area contributed by atoms with Gasteiger partial charge in [0, 0.05) is 24.5 Å². The summed E-state index contributed by atoms with van der Waals surface area (Å²) in [6, 6.07) is 6.87. The molecule has 3 rings (SSSR count). The largest absolute Gasteiger partial charge is 0.483 e. The number of aliphatic hydroxyl groups is 1. The van der Waals surface area contributed by atoms with Crippen molar-refractivity contribution in [1.29, 1.82) is 0 Å². The van der Waals surface area contributed by atoms with Gasteiger partial charge < -0.3 is 29.8 Å². The minimum atomic E-state index is -0.669. The number of nitrogens with one attached hydrogen (secondary N) is 2. The number of para-hydroxylation sites is 1. The second kappa shape index (κ2) is 14.3. The van der Waals surface area contributed by atoms with Crippen LogP contribution in [0.1, 0.15) is 83.3 Å². The summed E-state index contributed by atoms with van der Waals surface area (Å²) in [5.74, 6) is 1.23. The van der Waals surface area contributed by atoms with Crippen LogP contribution >= 0.6 is 0 Å². The molecule has 9 nitrogen and oxygen atoms in total. The van der Waals surface area contributed by atoms with Gasteiger partial charge in [-0.2, -0.15) is 0 Å². The molecule has 0 bridgehead atoms. The van der Waals surface area contributed by atoms with Crippen LogP contribution in [-0.2, 0) is 16.8 Å². The van der Waals surface area contributed by atoms with E-state index in [1.54, 1.807) is 35.4 Å². The first-order valence-corrected chi connectivity index (χ1v) is 13.4. The lowest BCUT2D eigenvalue weighted by atomic mass is 9.94. The number of β-amino-alcohol motifs (C(OH)–C–C–N with tert-alkyl or cyclic N) is 1. The molecule has 2 unspecified atom stereocenters. The number of benzene rings is 1. The second-order valence-corrected chi connectivity index (χ2v) is 11.5. The highest BCUT2D eigenvalue weighted by molar-refractivity contribution is 5.99. The predicted molar refractivity (Wildman–Crippen MR) is 148 cm³/mol. The van der Waals surface area contributed by atoms with Crippen molar-refractivity contribution in [2.45, 2.75) is 91.5 Å². The molecule has 1 aliphatic heterocycles. The number of nitrogens with zero attached hydrogens (tertiary/aromatic N) is 2. The number of amides is 2. The topological polar surface area (TPSA) is 117 Å². The van der Waals surface area contributed by atoms with Gasteiger partial charge in [-0.25, -0.2) is 4.98 Å². The molecule has 2 amide bonds. The third-order valence-electron chi connectivity index (χ3n) is 6.14. The number of aromatic nitrogens is 1. The summed E-state index contributed by atoms with van der Waals surface area (Å²) in [5, 5.41) is 15.7. The first-order chi connectivity index (χ1) is 17.8. The molecule has 1 saturated heterocycles. The van der Waals surface area contributed by atoms with Crippen molar-refractivity contribution in [3.05, 3.63) is 47.7 Å². The molecular formula is C29H46N4O5. The Bertz CT molecular complexity index is 1030. The number of carbonyl (C=O) groups is 2. The third-order valence-corrected chi connectivity index (χ3v) is 6.14. The van der Waals surface area contributed by atoms with Crippen molar-refractivity contribution in [2.75, 3.05) is 20.1 Å². The van der Waals surface area contributed by atoms with E-state index in [1.807, 2.05) is 41.7 Å². The Morgan fingerprint density at radius 3 is 2.39 bits per heavy atom. The van der Waals surface area contributed by atoms with Crippen LogP contribution in [0.3, 0.4) is 0 Å². The van der Waals surface area contributed by atoms with E-state index in [0.717, 1.165) is 5.76 Å².